The number of ether oxygens (including phenoxy) is 2. The molecule has 3 aromatic rings. The highest BCUT2D eigenvalue weighted by Gasteiger charge is 2.16. The van der Waals surface area contributed by atoms with Crippen molar-refractivity contribution in [2.45, 2.75) is 20.1 Å². The topological polar surface area (TPSA) is 54.9 Å². The van der Waals surface area contributed by atoms with E-state index in [9.17, 15) is 4.79 Å². The molecule has 1 aliphatic heterocycles. The van der Waals surface area contributed by atoms with Crippen LogP contribution in [0.4, 0.5) is 5.69 Å². The lowest BCUT2D eigenvalue weighted by Crippen LogP contribution is -2.37. The van der Waals surface area contributed by atoms with E-state index >= 15 is 0 Å². The van der Waals surface area contributed by atoms with E-state index in [-0.39, 0.29) is 5.91 Å². The number of benzene rings is 2. The van der Waals surface area contributed by atoms with Gasteiger partial charge in [-0.3, -0.25) is 4.79 Å². The molecule has 2 heterocycles. The average Bonchev–Trinajstić information content (AvgIpc) is 3.27. The second-order valence-corrected chi connectivity index (χ2v) is 9.00. The molecule has 1 aliphatic rings. The van der Waals surface area contributed by atoms with Crippen LogP contribution in [0.1, 0.15) is 21.8 Å². The largest absolute Gasteiger partial charge is 0.487 e. The van der Waals surface area contributed by atoms with Crippen LogP contribution in [0, 0.1) is 6.92 Å². The number of thiazole rings is 1. The van der Waals surface area contributed by atoms with E-state index in [2.05, 4.69) is 22.0 Å². The van der Waals surface area contributed by atoms with Gasteiger partial charge in [-0.2, -0.15) is 0 Å². The van der Waals surface area contributed by atoms with Crippen molar-refractivity contribution in [2.24, 2.45) is 0 Å². The number of amides is 1. The minimum Gasteiger partial charge on any atom is -0.487 e. The Labute approximate surface area is 199 Å². The Bertz CT molecular complexity index is 1110. The second-order valence-electron chi connectivity index (χ2n) is 7.94. The number of aromatic nitrogens is 1. The van der Waals surface area contributed by atoms with Gasteiger partial charge in [0.15, 0.2) is 0 Å². The summed E-state index contributed by atoms with van der Waals surface area (Å²) < 4.78 is 11.4. The third-order valence-electron chi connectivity index (χ3n) is 5.49. The Kier molecular flexibility index (Phi) is 7.75. The van der Waals surface area contributed by atoms with Crippen LogP contribution in [0.2, 0.25) is 0 Å². The minimum atomic E-state index is -0.0586. The summed E-state index contributed by atoms with van der Waals surface area (Å²) in [6, 6.07) is 16.0. The number of hydrogen-bond donors (Lipinski definition) is 0. The van der Waals surface area contributed by atoms with Gasteiger partial charge in [-0.25, -0.2) is 4.98 Å². The lowest BCUT2D eigenvalue weighted by atomic mass is 10.1. The maximum atomic E-state index is 12.9. The zero-order valence-electron chi connectivity index (χ0n) is 19.1. The van der Waals surface area contributed by atoms with Gasteiger partial charge in [0.1, 0.15) is 12.4 Å². The van der Waals surface area contributed by atoms with Gasteiger partial charge < -0.3 is 19.3 Å². The Morgan fingerprint density at radius 1 is 1.18 bits per heavy atom. The van der Waals surface area contributed by atoms with E-state index in [1.54, 1.807) is 22.3 Å². The molecule has 1 saturated heterocycles. The summed E-state index contributed by atoms with van der Waals surface area (Å²) in [6.45, 7) is 6.12. The quantitative estimate of drug-likeness (QED) is 0.459. The highest BCUT2D eigenvalue weighted by Crippen LogP contribution is 2.24. The molecular formula is C26H29N3O3S. The Balaban J connectivity index is 1.40. The summed E-state index contributed by atoms with van der Waals surface area (Å²) in [5.41, 5.74) is 4.07. The number of anilines is 1. The summed E-state index contributed by atoms with van der Waals surface area (Å²) in [6.07, 6.45) is 3.42. The standard InChI is InChI=1S/C26H29N3O3S/c1-20-27-23(19-33-20)18-32-25-10-6-4-7-21(25)11-12-26(30)28(2)17-22-8-3-5-9-24(22)29-13-15-31-16-14-29/h3-12,19H,13-18H2,1-2H3/b12-11+. The lowest BCUT2D eigenvalue weighted by Gasteiger charge is -2.31. The number of hydrogen-bond acceptors (Lipinski definition) is 6. The zero-order valence-corrected chi connectivity index (χ0v) is 19.9. The number of carbonyl (C=O) groups is 1. The molecule has 33 heavy (non-hydrogen) atoms. The smallest absolute Gasteiger partial charge is 0.246 e. The zero-order chi connectivity index (χ0) is 23.0. The number of morpholine rings is 1. The Morgan fingerprint density at radius 2 is 1.94 bits per heavy atom. The molecule has 0 atom stereocenters. The summed E-state index contributed by atoms with van der Waals surface area (Å²) in [7, 11) is 1.83. The van der Waals surface area contributed by atoms with Gasteiger partial charge in [0.05, 0.1) is 23.9 Å². The third kappa shape index (κ3) is 6.21. The van der Waals surface area contributed by atoms with Crippen LogP contribution in [-0.4, -0.2) is 49.1 Å². The highest BCUT2D eigenvalue weighted by atomic mass is 32.1. The van der Waals surface area contributed by atoms with Crippen molar-refractivity contribution in [1.29, 1.82) is 0 Å². The van der Waals surface area contributed by atoms with Gasteiger partial charge in [0.25, 0.3) is 0 Å². The maximum absolute atomic E-state index is 12.9. The van der Waals surface area contributed by atoms with Crippen molar-refractivity contribution < 1.29 is 14.3 Å². The first-order chi connectivity index (χ1) is 16.1. The van der Waals surface area contributed by atoms with Crippen LogP contribution in [-0.2, 0) is 22.7 Å². The fourth-order valence-corrected chi connectivity index (χ4v) is 4.35. The molecule has 1 aromatic heterocycles. The van der Waals surface area contributed by atoms with E-state index in [0.717, 1.165) is 53.9 Å². The lowest BCUT2D eigenvalue weighted by molar-refractivity contribution is -0.125. The van der Waals surface area contributed by atoms with Crippen molar-refractivity contribution in [3.8, 4) is 5.75 Å². The van der Waals surface area contributed by atoms with E-state index in [0.29, 0.717) is 13.2 Å². The molecule has 4 rings (SSSR count). The van der Waals surface area contributed by atoms with Crippen LogP contribution >= 0.6 is 11.3 Å². The molecule has 0 unspecified atom stereocenters. The Hall–Kier alpha value is -3.16. The molecule has 0 aliphatic carbocycles. The monoisotopic (exact) mass is 463 g/mol. The predicted octanol–water partition coefficient (Wildman–Crippen LogP) is 4.54. The van der Waals surface area contributed by atoms with Crippen molar-refractivity contribution in [3.63, 3.8) is 0 Å². The average molecular weight is 464 g/mol. The number of likely N-dealkylation sites (N-methyl/N-ethyl adjacent to an activating group) is 1. The molecule has 2 aromatic carbocycles. The summed E-state index contributed by atoms with van der Waals surface area (Å²) >= 11 is 1.61. The molecule has 1 amide bonds. The van der Waals surface area contributed by atoms with Gasteiger partial charge in [0.2, 0.25) is 5.91 Å². The second kappa shape index (κ2) is 11.1. The predicted molar refractivity (Wildman–Crippen MR) is 133 cm³/mol. The van der Waals surface area contributed by atoms with Crippen molar-refractivity contribution in [3.05, 3.63) is 81.8 Å². The highest BCUT2D eigenvalue weighted by molar-refractivity contribution is 7.09. The Morgan fingerprint density at radius 3 is 2.73 bits per heavy atom. The first kappa shape index (κ1) is 23.0. The van der Waals surface area contributed by atoms with Crippen LogP contribution in [0.5, 0.6) is 5.75 Å². The number of rotatable bonds is 8. The van der Waals surface area contributed by atoms with E-state index in [1.165, 1.54) is 5.69 Å². The molecule has 0 spiro atoms. The van der Waals surface area contributed by atoms with E-state index < -0.39 is 0 Å². The molecule has 0 N–H and O–H groups in total. The maximum Gasteiger partial charge on any atom is 0.246 e. The first-order valence-corrected chi connectivity index (χ1v) is 11.9. The van der Waals surface area contributed by atoms with Crippen molar-refractivity contribution in [2.75, 3.05) is 38.3 Å². The molecule has 0 bridgehead atoms. The summed E-state index contributed by atoms with van der Waals surface area (Å²) in [5, 5.41) is 3.02. The fourth-order valence-electron chi connectivity index (χ4n) is 3.75. The van der Waals surface area contributed by atoms with Crippen LogP contribution < -0.4 is 9.64 Å². The van der Waals surface area contributed by atoms with Gasteiger partial charge in [-0.05, 0) is 30.7 Å². The number of carbonyl (C=O) groups excluding carboxylic acids is 1. The number of nitrogens with zero attached hydrogens (tertiary/aromatic N) is 3. The van der Waals surface area contributed by atoms with Crippen LogP contribution in [0.15, 0.2) is 60.0 Å². The number of aryl methyl sites for hydroxylation is 1. The number of para-hydroxylation sites is 2. The van der Waals surface area contributed by atoms with Gasteiger partial charge in [-0.1, -0.05) is 36.4 Å². The molecule has 1 fully saturated rings. The van der Waals surface area contributed by atoms with Crippen molar-refractivity contribution in [1.82, 2.24) is 9.88 Å². The molecule has 6 nitrogen and oxygen atoms in total. The van der Waals surface area contributed by atoms with Gasteiger partial charge >= 0.3 is 0 Å². The van der Waals surface area contributed by atoms with Crippen LogP contribution in [0.25, 0.3) is 6.08 Å². The normalized spacial score (nSPS) is 13.9. The van der Waals surface area contributed by atoms with Crippen molar-refractivity contribution >= 4 is 29.0 Å². The summed E-state index contributed by atoms with van der Waals surface area (Å²) in [4.78, 5) is 21.4. The molecule has 0 radical (unpaired) electrons. The van der Waals surface area contributed by atoms with Crippen LogP contribution in [0.3, 0.4) is 0 Å². The fraction of sp³-hybridized carbons (Fsp3) is 0.308. The molecular weight excluding hydrogens is 434 g/mol. The molecule has 172 valence electrons. The molecule has 0 saturated carbocycles. The minimum absolute atomic E-state index is 0.0586. The SMILES string of the molecule is Cc1nc(COc2ccccc2/C=C/C(=O)N(C)Cc2ccccc2N2CCOCC2)cs1. The van der Waals surface area contributed by atoms with Gasteiger partial charge in [-0.15, -0.1) is 11.3 Å². The van der Waals surface area contributed by atoms with E-state index in [1.807, 2.05) is 61.8 Å². The third-order valence-corrected chi connectivity index (χ3v) is 6.32. The summed E-state index contributed by atoms with van der Waals surface area (Å²) in [5.74, 6) is 0.671. The first-order valence-electron chi connectivity index (χ1n) is 11.1. The molecule has 7 heteroatoms. The van der Waals surface area contributed by atoms with E-state index in [4.69, 9.17) is 9.47 Å². The van der Waals surface area contributed by atoms with Gasteiger partial charge in [0, 0.05) is 49.4 Å².